The fraction of sp³-hybridized carbons (Fsp3) is 0.333. The molecular formula is C15H17F2N3. The van der Waals surface area contributed by atoms with Gasteiger partial charge in [0.2, 0.25) is 0 Å². The Balaban J connectivity index is 2.64. The van der Waals surface area contributed by atoms with Crippen LogP contribution in [0.3, 0.4) is 0 Å². The molecule has 0 saturated heterocycles. The Morgan fingerprint density at radius 1 is 1.20 bits per heavy atom. The molecule has 2 rings (SSSR count). The first-order valence-corrected chi connectivity index (χ1v) is 6.58. The summed E-state index contributed by atoms with van der Waals surface area (Å²) in [7, 11) is 0. The zero-order valence-corrected chi connectivity index (χ0v) is 11.7. The average molecular weight is 277 g/mol. The molecule has 0 bridgehead atoms. The van der Waals surface area contributed by atoms with Crippen molar-refractivity contribution in [3.8, 4) is 11.3 Å². The summed E-state index contributed by atoms with van der Waals surface area (Å²) in [5, 5.41) is 3.15. The monoisotopic (exact) mass is 277 g/mol. The van der Waals surface area contributed by atoms with E-state index in [4.69, 9.17) is 0 Å². The minimum atomic E-state index is -0.618. The first kappa shape index (κ1) is 14.4. The molecule has 3 nitrogen and oxygen atoms in total. The number of nitrogens with zero attached hydrogens (tertiary/aromatic N) is 2. The molecule has 0 aliphatic rings. The molecule has 20 heavy (non-hydrogen) atoms. The topological polar surface area (TPSA) is 37.8 Å². The van der Waals surface area contributed by atoms with Crippen LogP contribution in [0.5, 0.6) is 0 Å². The van der Waals surface area contributed by atoms with Crippen molar-refractivity contribution in [2.45, 2.75) is 26.7 Å². The summed E-state index contributed by atoms with van der Waals surface area (Å²) in [5.41, 5.74) is 1.62. The molecule has 0 aliphatic heterocycles. The minimum Gasteiger partial charge on any atom is -0.370 e. The Bertz CT molecular complexity index is 612. The van der Waals surface area contributed by atoms with Gasteiger partial charge in [0.05, 0.1) is 5.69 Å². The molecule has 1 N–H and O–H groups in total. The highest BCUT2D eigenvalue weighted by molar-refractivity contribution is 5.69. The van der Waals surface area contributed by atoms with Crippen LogP contribution in [0.4, 0.5) is 14.6 Å². The van der Waals surface area contributed by atoms with E-state index in [9.17, 15) is 8.78 Å². The van der Waals surface area contributed by atoms with Crippen LogP contribution in [0.1, 0.15) is 32.3 Å². The van der Waals surface area contributed by atoms with Crippen molar-refractivity contribution < 1.29 is 8.78 Å². The Kier molecular flexibility index (Phi) is 4.27. The summed E-state index contributed by atoms with van der Waals surface area (Å²) in [6, 6.07) is 3.51. The van der Waals surface area contributed by atoms with Crippen LogP contribution in [0.25, 0.3) is 11.3 Å². The molecule has 0 amide bonds. The van der Waals surface area contributed by atoms with Gasteiger partial charge in [0.1, 0.15) is 23.8 Å². The zero-order chi connectivity index (χ0) is 14.7. The number of hydrogen-bond donors (Lipinski definition) is 1. The third-order valence-corrected chi connectivity index (χ3v) is 2.99. The van der Waals surface area contributed by atoms with Crippen molar-refractivity contribution in [3.05, 3.63) is 41.7 Å². The van der Waals surface area contributed by atoms with Crippen LogP contribution in [0.2, 0.25) is 0 Å². The molecule has 106 valence electrons. The molecule has 0 aliphatic carbocycles. The zero-order valence-electron chi connectivity index (χ0n) is 11.7. The van der Waals surface area contributed by atoms with Gasteiger partial charge in [-0.05, 0) is 25.0 Å². The van der Waals surface area contributed by atoms with Gasteiger partial charge in [-0.15, -0.1) is 0 Å². The lowest BCUT2D eigenvalue weighted by Crippen LogP contribution is -2.08. The number of benzene rings is 1. The van der Waals surface area contributed by atoms with Crippen LogP contribution in [0.15, 0.2) is 24.5 Å². The molecule has 0 atom stereocenters. The summed E-state index contributed by atoms with van der Waals surface area (Å²) in [5.74, 6) is -0.410. The standard InChI is InChI=1S/C15H17F2N3/c1-4-18-15-13(9(2)3)14(19-8-20-15)11-6-5-10(16)7-12(11)17/h5-9H,4H2,1-3H3,(H,18,19,20). The van der Waals surface area contributed by atoms with Gasteiger partial charge in [0, 0.05) is 23.7 Å². The van der Waals surface area contributed by atoms with E-state index in [0.717, 1.165) is 11.6 Å². The van der Waals surface area contributed by atoms with Crippen LogP contribution in [0, 0.1) is 11.6 Å². The molecule has 1 aromatic heterocycles. The predicted octanol–water partition coefficient (Wildman–Crippen LogP) is 3.98. The molecule has 0 spiro atoms. The Morgan fingerprint density at radius 2 is 1.95 bits per heavy atom. The van der Waals surface area contributed by atoms with Gasteiger partial charge in [0.25, 0.3) is 0 Å². The lowest BCUT2D eigenvalue weighted by atomic mass is 9.97. The summed E-state index contributed by atoms with van der Waals surface area (Å²) in [4.78, 5) is 8.39. The Hall–Kier alpha value is -2.04. The normalized spacial score (nSPS) is 10.9. The van der Waals surface area contributed by atoms with Crippen LogP contribution in [-0.4, -0.2) is 16.5 Å². The van der Waals surface area contributed by atoms with E-state index in [1.165, 1.54) is 18.5 Å². The maximum Gasteiger partial charge on any atom is 0.135 e. The van der Waals surface area contributed by atoms with Crippen LogP contribution < -0.4 is 5.32 Å². The van der Waals surface area contributed by atoms with E-state index in [1.54, 1.807) is 0 Å². The molecular weight excluding hydrogens is 260 g/mol. The third-order valence-electron chi connectivity index (χ3n) is 2.99. The number of anilines is 1. The predicted molar refractivity (Wildman–Crippen MR) is 75.6 cm³/mol. The molecule has 0 saturated carbocycles. The van der Waals surface area contributed by atoms with E-state index in [2.05, 4.69) is 15.3 Å². The SMILES string of the molecule is CCNc1ncnc(-c2ccc(F)cc2F)c1C(C)C. The van der Waals surface area contributed by atoms with Crippen molar-refractivity contribution in [2.24, 2.45) is 0 Å². The molecule has 2 aromatic rings. The van der Waals surface area contributed by atoms with Crippen molar-refractivity contribution in [1.29, 1.82) is 0 Å². The third kappa shape index (κ3) is 2.76. The number of halogens is 2. The highest BCUT2D eigenvalue weighted by atomic mass is 19.1. The molecule has 0 radical (unpaired) electrons. The van der Waals surface area contributed by atoms with Gasteiger partial charge in [-0.3, -0.25) is 0 Å². The van der Waals surface area contributed by atoms with E-state index >= 15 is 0 Å². The fourth-order valence-electron chi connectivity index (χ4n) is 2.15. The summed E-state index contributed by atoms with van der Waals surface area (Å²) in [6.45, 7) is 6.65. The average Bonchev–Trinajstić information content (AvgIpc) is 2.38. The van der Waals surface area contributed by atoms with Gasteiger partial charge < -0.3 is 5.32 Å². The number of aromatic nitrogens is 2. The van der Waals surface area contributed by atoms with Crippen LogP contribution >= 0.6 is 0 Å². The lowest BCUT2D eigenvalue weighted by Gasteiger charge is -2.16. The molecule has 5 heteroatoms. The number of hydrogen-bond acceptors (Lipinski definition) is 3. The van der Waals surface area contributed by atoms with E-state index < -0.39 is 11.6 Å². The minimum absolute atomic E-state index is 0.115. The van der Waals surface area contributed by atoms with E-state index in [-0.39, 0.29) is 11.5 Å². The van der Waals surface area contributed by atoms with Gasteiger partial charge >= 0.3 is 0 Å². The number of rotatable bonds is 4. The summed E-state index contributed by atoms with van der Waals surface area (Å²) < 4.78 is 27.0. The van der Waals surface area contributed by atoms with Gasteiger partial charge in [-0.1, -0.05) is 13.8 Å². The van der Waals surface area contributed by atoms with Gasteiger partial charge in [0.15, 0.2) is 0 Å². The maximum absolute atomic E-state index is 14.0. The van der Waals surface area contributed by atoms with E-state index in [1.807, 2.05) is 20.8 Å². The molecule has 0 fully saturated rings. The second kappa shape index (κ2) is 5.94. The fourth-order valence-corrected chi connectivity index (χ4v) is 2.15. The highest BCUT2D eigenvalue weighted by Crippen LogP contribution is 2.33. The quantitative estimate of drug-likeness (QED) is 0.918. The maximum atomic E-state index is 14.0. The summed E-state index contributed by atoms with van der Waals surface area (Å²) in [6.07, 6.45) is 1.39. The Morgan fingerprint density at radius 3 is 2.55 bits per heavy atom. The van der Waals surface area contributed by atoms with Crippen molar-refractivity contribution >= 4 is 5.82 Å². The van der Waals surface area contributed by atoms with Crippen molar-refractivity contribution in [2.75, 3.05) is 11.9 Å². The molecule has 0 unspecified atom stereocenters. The largest absolute Gasteiger partial charge is 0.370 e. The highest BCUT2D eigenvalue weighted by Gasteiger charge is 2.18. The van der Waals surface area contributed by atoms with E-state index in [0.29, 0.717) is 18.1 Å². The lowest BCUT2D eigenvalue weighted by molar-refractivity contribution is 0.585. The smallest absolute Gasteiger partial charge is 0.135 e. The second-order valence-corrected chi connectivity index (χ2v) is 4.79. The van der Waals surface area contributed by atoms with Crippen molar-refractivity contribution in [3.63, 3.8) is 0 Å². The second-order valence-electron chi connectivity index (χ2n) is 4.79. The number of nitrogens with one attached hydrogen (secondary N) is 1. The summed E-state index contributed by atoms with van der Waals surface area (Å²) >= 11 is 0. The Labute approximate surface area is 117 Å². The van der Waals surface area contributed by atoms with Crippen molar-refractivity contribution in [1.82, 2.24) is 9.97 Å². The first-order valence-electron chi connectivity index (χ1n) is 6.58. The van der Waals surface area contributed by atoms with Crippen LogP contribution in [-0.2, 0) is 0 Å². The first-order chi connectivity index (χ1) is 9.54. The molecule has 1 aromatic carbocycles. The van der Waals surface area contributed by atoms with Gasteiger partial charge in [-0.25, -0.2) is 18.7 Å². The van der Waals surface area contributed by atoms with Gasteiger partial charge in [-0.2, -0.15) is 0 Å². The molecule has 1 heterocycles.